The normalized spacial score (nSPS) is 17.1. The van der Waals surface area contributed by atoms with Gasteiger partial charge in [0, 0.05) is 47.6 Å². The number of benzene rings is 2. The van der Waals surface area contributed by atoms with Crippen LogP contribution in [0, 0.1) is 23.7 Å². The van der Waals surface area contributed by atoms with Crippen molar-refractivity contribution in [1.29, 1.82) is 5.26 Å². The number of nitrogens with one attached hydrogen (secondary N) is 1. The highest BCUT2D eigenvalue weighted by Crippen LogP contribution is 2.45. The SMILES string of the molecule is C=CC(=O)N1CC2(CCN(c3ccc(Cl)c(-c4c(C)ccc5[nH]ncc45)c3C#N)C2)C1. The van der Waals surface area contributed by atoms with Gasteiger partial charge >= 0.3 is 0 Å². The number of carbonyl (C=O) groups is 1. The lowest BCUT2D eigenvalue weighted by Gasteiger charge is -2.47. The van der Waals surface area contributed by atoms with E-state index in [4.69, 9.17) is 11.6 Å². The summed E-state index contributed by atoms with van der Waals surface area (Å²) in [7, 11) is 0. The number of aromatic nitrogens is 2. The van der Waals surface area contributed by atoms with Gasteiger partial charge in [-0.2, -0.15) is 10.4 Å². The number of H-pyrrole nitrogens is 1. The Kier molecular flexibility index (Phi) is 4.53. The second-order valence-electron chi connectivity index (χ2n) is 8.59. The molecule has 156 valence electrons. The van der Waals surface area contributed by atoms with Crippen LogP contribution in [0.15, 0.2) is 43.1 Å². The highest BCUT2D eigenvalue weighted by molar-refractivity contribution is 6.34. The van der Waals surface area contributed by atoms with Crippen LogP contribution in [0.5, 0.6) is 0 Å². The molecule has 0 unspecified atom stereocenters. The summed E-state index contributed by atoms with van der Waals surface area (Å²) in [6.45, 7) is 8.75. The largest absolute Gasteiger partial charge is 0.370 e. The van der Waals surface area contributed by atoms with Crippen LogP contribution in [-0.4, -0.2) is 47.2 Å². The summed E-state index contributed by atoms with van der Waals surface area (Å²) < 4.78 is 0. The molecule has 0 aliphatic carbocycles. The molecule has 1 aromatic heterocycles. The highest BCUT2D eigenvalue weighted by Gasteiger charge is 2.49. The Balaban J connectivity index is 1.55. The predicted octanol–water partition coefficient (Wildman–Crippen LogP) is 4.29. The number of likely N-dealkylation sites (tertiary alicyclic amines) is 1. The minimum atomic E-state index is -0.0146. The first-order chi connectivity index (χ1) is 15.0. The number of anilines is 1. The number of nitriles is 1. The average molecular weight is 432 g/mol. The van der Waals surface area contributed by atoms with Crippen molar-refractivity contribution in [3.8, 4) is 17.2 Å². The van der Waals surface area contributed by atoms with Crippen LogP contribution < -0.4 is 4.90 Å². The summed E-state index contributed by atoms with van der Waals surface area (Å²) >= 11 is 6.67. The van der Waals surface area contributed by atoms with Crippen molar-refractivity contribution in [1.82, 2.24) is 15.1 Å². The van der Waals surface area contributed by atoms with Gasteiger partial charge in [0.2, 0.25) is 5.91 Å². The van der Waals surface area contributed by atoms with Crippen LogP contribution in [0.25, 0.3) is 22.0 Å². The van der Waals surface area contributed by atoms with Crippen molar-refractivity contribution in [2.75, 3.05) is 31.1 Å². The molecule has 3 heterocycles. The number of hydrogen-bond donors (Lipinski definition) is 1. The van der Waals surface area contributed by atoms with Gasteiger partial charge in [0.1, 0.15) is 6.07 Å². The van der Waals surface area contributed by atoms with E-state index in [1.165, 1.54) is 6.08 Å². The van der Waals surface area contributed by atoms with Crippen molar-refractivity contribution in [3.63, 3.8) is 0 Å². The third kappa shape index (κ3) is 3.00. The van der Waals surface area contributed by atoms with Crippen molar-refractivity contribution in [3.05, 3.63) is 59.3 Å². The van der Waals surface area contributed by atoms with E-state index in [1.807, 2.05) is 36.1 Å². The Labute approximate surface area is 185 Å². The second kappa shape index (κ2) is 7.14. The van der Waals surface area contributed by atoms with E-state index in [-0.39, 0.29) is 11.3 Å². The summed E-state index contributed by atoms with van der Waals surface area (Å²) in [6, 6.07) is 10.3. The van der Waals surface area contributed by atoms with E-state index in [0.717, 1.165) is 65.9 Å². The number of carbonyl (C=O) groups excluding carboxylic acids is 1. The van der Waals surface area contributed by atoms with Crippen LogP contribution in [0.1, 0.15) is 17.5 Å². The third-order valence-corrected chi connectivity index (χ3v) is 6.96. The molecular formula is C24H22ClN5O. The number of hydrogen-bond acceptors (Lipinski definition) is 4. The average Bonchev–Trinajstić information content (AvgIpc) is 3.40. The predicted molar refractivity (Wildman–Crippen MR) is 122 cm³/mol. The summed E-state index contributed by atoms with van der Waals surface area (Å²) in [5.41, 5.74) is 5.21. The Morgan fingerprint density at radius 1 is 1.29 bits per heavy atom. The number of amides is 1. The molecule has 0 saturated carbocycles. The number of rotatable bonds is 3. The molecule has 1 amide bonds. The summed E-state index contributed by atoms with van der Waals surface area (Å²) in [6.07, 6.45) is 4.15. The highest BCUT2D eigenvalue weighted by atomic mass is 35.5. The van der Waals surface area contributed by atoms with Crippen LogP contribution >= 0.6 is 11.6 Å². The molecule has 2 aromatic carbocycles. The van der Waals surface area contributed by atoms with Gasteiger partial charge in [-0.3, -0.25) is 9.89 Å². The third-order valence-electron chi connectivity index (χ3n) is 6.64. The lowest BCUT2D eigenvalue weighted by molar-refractivity contribution is -0.136. The van der Waals surface area contributed by atoms with Gasteiger partial charge in [-0.25, -0.2) is 0 Å². The van der Waals surface area contributed by atoms with Crippen LogP contribution in [-0.2, 0) is 4.79 Å². The number of halogens is 1. The van der Waals surface area contributed by atoms with Crippen molar-refractivity contribution in [2.24, 2.45) is 5.41 Å². The minimum absolute atomic E-state index is 0.0146. The first kappa shape index (κ1) is 19.7. The Morgan fingerprint density at radius 2 is 2.10 bits per heavy atom. The van der Waals surface area contributed by atoms with Gasteiger partial charge < -0.3 is 9.80 Å². The van der Waals surface area contributed by atoms with Gasteiger partial charge in [0.05, 0.1) is 23.0 Å². The molecule has 2 aliphatic rings. The molecule has 1 N–H and O–H groups in total. The quantitative estimate of drug-likeness (QED) is 0.627. The fourth-order valence-corrected chi connectivity index (χ4v) is 5.34. The fraction of sp³-hybridized carbons (Fsp3) is 0.292. The van der Waals surface area contributed by atoms with Gasteiger partial charge in [-0.1, -0.05) is 24.2 Å². The standard InChI is InChI=1S/C24H22ClN5O/c1-3-21(31)30-13-24(14-30)8-9-29(12-24)20-7-5-18(25)23(16(20)10-26)22-15(2)4-6-19-17(22)11-27-28-19/h3-7,11H,1,8-9,12-14H2,2H3,(H,27,28). The molecule has 31 heavy (non-hydrogen) atoms. The molecule has 1 spiro atoms. The number of nitrogens with zero attached hydrogens (tertiary/aromatic N) is 4. The lowest BCUT2D eigenvalue weighted by atomic mass is 9.79. The maximum atomic E-state index is 11.9. The van der Waals surface area contributed by atoms with Gasteiger partial charge in [0.25, 0.3) is 0 Å². The zero-order valence-corrected chi connectivity index (χ0v) is 18.0. The summed E-state index contributed by atoms with van der Waals surface area (Å²) in [5.74, 6) is -0.0146. The van der Waals surface area contributed by atoms with Crippen LogP contribution in [0.3, 0.4) is 0 Å². The van der Waals surface area contributed by atoms with E-state index in [9.17, 15) is 10.1 Å². The molecule has 0 atom stereocenters. The molecule has 7 heteroatoms. The molecule has 5 rings (SSSR count). The molecule has 6 nitrogen and oxygen atoms in total. The fourth-order valence-electron chi connectivity index (χ4n) is 5.09. The van der Waals surface area contributed by atoms with Crippen LogP contribution in [0.2, 0.25) is 5.02 Å². The Hall–Kier alpha value is -3.30. The zero-order valence-electron chi connectivity index (χ0n) is 17.3. The number of aromatic amines is 1. The summed E-state index contributed by atoms with van der Waals surface area (Å²) in [5, 5.41) is 18.9. The summed E-state index contributed by atoms with van der Waals surface area (Å²) in [4.78, 5) is 16.0. The topological polar surface area (TPSA) is 76.0 Å². The van der Waals surface area contributed by atoms with E-state index in [2.05, 4.69) is 27.7 Å². The zero-order chi connectivity index (χ0) is 21.8. The molecule has 2 saturated heterocycles. The van der Waals surface area contributed by atoms with E-state index in [0.29, 0.717) is 10.6 Å². The van der Waals surface area contributed by atoms with Gasteiger partial charge in [0.15, 0.2) is 0 Å². The van der Waals surface area contributed by atoms with Crippen molar-refractivity contribution >= 4 is 34.1 Å². The monoisotopic (exact) mass is 431 g/mol. The van der Waals surface area contributed by atoms with Gasteiger partial charge in [-0.05, 0) is 48.7 Å². The molecular weight excluding hydrogens is 410 g/mol. The molecule has 3 aromatic rings. The van der Waals surface area contributed by atoms with Crippen molar-refractivity contribution < 1.29 is 4.79 Å². The van der Waals surface area contributed by atoms with Crippen LogP contribution in [0.4, 0.5) is 5.69 Å². The molecule has 0 radical (unpaired) electrons. The molecule has 0 bridgehead atoms. The number of fused-ring (bicyclic) bond motifs is 1. The first-order valence-corrected chi connectivity index (χ1v) is 10.7. The van der Waals surface area contributed by atoms with Crippen molar-refractivity contribution in [2.45, 2.75) is 13.3 Å². The Morgan fingerprint density at radius 3 is 2.84 bits per heavy atom. The number of aryl methyl sites for hydroxylation is 1. The Bertz CT molecular complexity index is 1260. The maximum Gasteiger partial charge on any atom is 0.245 e. The second-order valence-corrected chi connectivity index (χ2v) is 8.99. The van der Waals surface area contributed by atoms with E-state index >= 15 is 0 Å². The van der Waals surface area contributed by atoms with Gasteiger partial charge in [-0.15, -0.1) is 0 Å². The van der Waals surface area contributed by atoms with E-state index < -0.39 is 0 Å². The maximum absolute atomic E-state index is 11.9. The minimum Gasteiger partial charge on any atom is -0.370 e. The first-order valence-electron chi connectivity index (χ1n) is 10.3. The smallest absolute Gasteiger partial charge is 0.245 e. The molecule has 2 aliphatic heterocycles. The van der Waals surface area contributed by atoms with E-state index in [1.54, 1.807) is 6.20 Å². The molecule has 2 fully saturated rings. The lowest BCUT2D eigenvalue weighted by Crippen LogP contribution is -2.59.